The van der Waals surface area contributed by atoms with Crippen molar-refractivity contribution in [3.63, 3.8) is 0 Å². The molecule has 2 saturated carbocycles. The van der Waals surface area contributed by atoms with Gasteiger partial charge in [0.15, 0.2) is 0 Å². The second-order valence-corrected chi connectivity index (χ2v) is 7.19. The maximum absolute atomic E-state index is 6.53. The Balaban J connectivity index is 1.94. The van der Waals surface area contributed by atoms with Crippen LogP contribution in [0.5, 0.6) is 0 Å². The zero-order valence-electron chi connectivity index (χ0n) is 12.6. The van der Waals surface area contributed by atoms with Gasteiger partial charge in [0.1, 0.15) is 0 Å². The van der Waals surface area contributed by atoms with Gasteiger partial charge in [0.25, 0.3) is 0 Å². The van der Waals surface area contributed by atoms with Gasteiger partial charge in [-0.25, -0.2) is 0 Å². The van der Waals surface area contributed by atoms with E-state index in [2.05, 4.69) is 25.7 Å². The highest BCUT2D eigenvalue weighted by Gasteiger charge is 2.37. The van der Waals surface area contributed by atoms with E-state index in [0.717, 1.165) is 6.04 Å². The van der Waals surface area contributed by atoms with Gasteiger partial charge in [0.2, 0.25) is 0 Å². The SMILES string of the molecule is CCN(CC1CCCC(C)(C)C1N)C1CCCC1. The predicted octanol–water partition coefficient (Wildman–Crippen LogP) is 3.40. The average molecular weight is 252 g/mol. The Bertz CT molecular complexity index is 256. The third-order valence-electron chi connectivity index (χ3n) is 5.52. The highest BCUT2D eigenvalue weighted by atomic mass is 15.2. The molecule has 2 N–H and O–H groups in total. The van der Waals surface area contributed by atoms with Crippen LogP contribution in [0.25, 0.3) is 0 Å². The molecule has 106 valence electrons. The van der Waals surface area contributed by atoms with E-state index in [-0.39, 0.29) is 0 Å². The molecule has 0 aromatic heterocycles. The van der Waals surface area contributed by atoms with Crippen LogP contribution in [0, 0.1) is 11.3 Å². The second kappa shape index (κ2) is 5.92. The lowest BCUT2D eigenvalue weighted by Crippen LogP contribution is -2.51. The molecule has 0 aromatic carbocycles. The fraction of sp³-hybridized carbons (Fsp3) is 1.00. The summed E-state index contributed by atoms with van der Waals surface area (Å²) in [5.74, 6) is 0.717. The van der Waals surface area contributed by atoms with Crippen molar-refractivity contribution in [2.75, 3.05) is 13.1 Å². The molecule has 0 radical (unpaired) electrons. The van der Waals surface area contributed by atoms with Gasteiger partial charge in [0, 0.05) is 18.6 Å². The summed E-state index contributed by atoms with van der Waals surface area (Å²) in [7, 11) is 0. The first kappa shape index (κ1) is 14.3. The Morgan fingerprint density at radius 3 is 2.39 bits per heavy atom. The molecule has 2 nitrogen and oxygen atoms in total. The van der Waals surface area contributed by atoms with Crippen LogP contribution < -0.4 is 5.73 Å². The van der Waals surface area contributed by atoms with Crippen LogP contribution in [0.2, 0.25) is 0 Å². The molecule has 0 aliphatic heterocycles. The predicted molar refractivity (Wildman–Crippen MR) is 78.6 cm³/mol. The van der Waals surface area contributed by atoms with E-state index in [9.17, 15) is 0 Å². The van der Waals surface area contributed by atoms with Crippen molar-refractivity contribution in [3.8, 4) is 0 Å². The van der Waals surface area contributed by atoms with Crippen molar-refractivity contribution in [2.24, 2.45) is 17.1 Å². The maximum atomic E-state index is 6.53. The number of rotatable bonds is 4. The first-order valence-electron chi connectivity index (χ1n) is 8.04. The summed E-state index contributed by atoms with van der Waals surface area (Å²) in [4.78, 5) is 2.72. The van der Waals surface area contributed by atoms with E-state index in [1.165, 1.54) is 58.0 Å². The molecule has 0 saturated heterocycles. The first-order chi connectivity index (χ1) is 8.54. The molecular weight excluding hydrogens is 220 g/mol. The van der Waals surface area contributed by atoms with Crippen LogP contribution in [0.1, 0.15) is 65.7 Å². The zero-order chi connectivity index (χ0) is 13.2. The lowest BCUT2D eigenvalue weighted by molar-refractivity contribution is 0.0870. The van der Waals surface area contributed by atoms with Gasteiger partial charge in [-0.15, -0.1) is 0 Å². The third-order valence-corrected chi connectivity index (χ3v) is 5.52. The minimum absolute atomic E-state index is 0.345. The standard InChI is InChI=1S/C16H32N2/c1-4-18(14-9-5-6-10-14)12-13-8-7-11-16(2,3)15(13)17/h13-15H,4-12,17H2,1-3H3. The van der Waals surface area contributed by atoms with Crippen LogP contribution in [-0.4, -0.2) is 30.1 Å². The van der Waals surface area contributed by atoms with Crippen LogP contribution in [0.3, 0.4) is 0 Å². The third kappa shape index (κ3) is 3.08. The Morgan fingerprint density at radius 2 is 1.78 bits per heavy atom. The Hall–Kier alpha value is -0.0800. The van der Waals surface area contributed by atoms with Crippen LogP contribution >= 0.6 is 0 Å². The minimum atomic E-state index is 0.345. The molecule has 0 bridgehead atoms. The van der Waals surface area contributed by atoms with Gasteiger partial charge in [-0.1, -0.05) is 40.0 Å². The average Bonchev–Trinajstić information content (AvgIpc) is 2.84. The van der Waals surface area contributed by atoms with Crippen molar-refractivity contribution < 1.29 is 0 Å². The molecule has 2 fully saturated rings. The molecule has 0 aromatic rings. The maximum Gasteiger partial charge on any atom is 0.0131 e. The van der Waals surface area contributed by atoms with Crippen molar-refractivity contribution in [2.45, 2.75) is 77.8 Å². The van der Waals surface area contributed by atoms with Crippen LogP contribution in [0.15, 0.2) is 0 Å². The monoisotopic (exact) mass is 252 g/mol. The smallest absolute Gasteiger partial charge is 0.0131 e. The highest BCUT2D eigenvalue weighted by molar-refractivity contribution is 4.93. The van der Waals surface area contributed by atoms with Crippen molar-refractivity contribution in [1.29, 1.82) is 0 Å². The molecule has 2 atom stereocenters. The summed E-state index contributed by atoms with van der Waals surface area (Å²) in [6, 6.07) is 1.24. The second-order valence-electron chi connectivity index (χ2n) is 7.19. The molecule has 2 aliphatic rings. The summed E-state index contributed by atoms with van der Waals surface area (Å²) < 4.78 is 0. The quantitative estimate of drug-likeness (QED) is 0.831. The van der Waals surface area contributed by atoms with E-state index >= 15 is 0 Å². The lowest BCUT2D eigenvalue weighted by Gasteiger charge is -2.44. The summed E-state index contributed by atoms with van der Waals surface area (Å²) in [5.41, 5.74) is 6.88. The van der Waals surface area contributed by atoms with Gasteiger partial charge < -0.3 is 10.6 Å². The first-order valence-corrected chi connectivity index (χ1v) is 8.04. The molecule has 18 heavy (non-hydrogen) atoms. The minimum Gasteiger partial charge on any atom is -0.327 e. The lowest BCUT2D eigenvalue weighted by atomic mass is 9.68. The summed E-state index contributed by atoms with van der Waals surface area (Å²) >= 11 is 0. The van der Waals surface area contributed by atoms with Crippen molar-refractivity contribution in [1.82, 2.24) is 4.90 Å². The van der Waals surface area contributed by atoms with E-state index in [4.69, 9.17) is 5.73 Å². The molecule has 0 spiro atoms. The Labute approximate surface area is 113 Å². The molecule has 2 unspecified atom stereocenters. The van der Waals surface area contributed by atoms with E-state index in [1.54, 1.807) is 0 Å². The summed E-state index contributed by atoms with van der Waals surface area (Å²) in [6.07, 6.45) is 9.72. The van der Waals surface area contributed by atoms with E-state index < -0.39 is 0 Å². The van der Waals surface area contributed by atoms with E-state index in [1.807, 2.05) is 0 Å². The van der Waals surface area contributed by atoms with Crippen molar-refractivity contribution >= 4 is 0 Å². The number of nitrogens with two attached hydrogens (primary N) is 1. The van der Waals surface area contributed by atoms with Crippen LogP contribution in [-0.2, 0) is 0 Å². The normalized spacial score (nSPS) is 33.2. The Kier molecular flexibility index (Phi) is 4.71. The van der Waals surface area contributed by atoms with E-state index in [0.29, 0.717) is 17.4 Å². The fourth-order valence-electron chi connectivity index (χ4n) is 4.12. The van der Waals surface area contributed by atoms with Gasteiger partial charge >= 0.3 is 0 Å². The van der Waals surface area contributed by atoms with Crippen molar-refractivity contribution in [3.05, 3.63) is 0 Å². The molecular formula is C16H32N2. The fourth-order valence-corrected chi connectivity index (χ4v) is 4.12. The Morgan fingerprint density at radius 1 is 1.11 bits per heavy atom. The van der Waals surface area contributed by atoms with Crippen LogP contribution in [0.4, 0.5) is 0 Å². The number of nitrogens with zero attached hydrogens (tertiary/aromatic N) is 1. The molecule has 2 aliphatic carbocycles. The highest BCUT2D eigenvalue weighted by Crippen LogP contribution is 2.38. The largest absolute Gasteiger partial charge is 0.327 e. The van der Waals surface area contributed by atoms with Gasteiger partial charge in [-0.2, -0.15) is 0 Å². The molecule has 2 rings (SSSR count). The van der Waals surface area contributed by atoms with Gasteiger partial charge in [-0.3, -0.25) is 0 Å². The van der Waals surface area contributed by atoms with Gasteiger partial charge in [0.05, 0.1) is 0 Å². The molecule has 0 heterocycles. The topological polar surface area (TPSA) is 29.3 Å². The summed E-state index contributed by atoms with van der Waals surface area (Å²) in [5, 5.41) is 0. The number of hydrogen-bond donors (Lipinski definition) is 1. The molecule has 2 heteroatoms. The number of hydrogen-bond acceptors (Lipinski definition) is 2. The zero-order valence-corrected chi connectivity index (χ0v) is 12.6. The molecule has 0 amide bonds. The van der Waals surface area contributed by atoms with Gasteiger partial charge in [-0.05, 0) is 43.6 Å². The summed E-state index contributed by atoms with van der Waals surface area (Å²) in [6.45, 7) is 9.48.